The molecular weight excluding hydrogens is 320 g/mol. The largest absolute Gasteiger partial charge is 0.306 e. The van der Waals surface area contributed by atoms with E-state index in [0.717, 1.165) is 16.7 Å². The summed E-state index contributed by atoms with van der Waals surface area (Å²) in [7, 11) is 0. The van der Waals surface area contributed by atoms with Crippen LogP contribution in [-0.2, 0) is 0 Å². The lowest BCUT2D eigenvalue weighted by atomic mass is 9.99. The van der Waals surface area contributed by atoms with Crippen molar-refractivity contribution in [3.63, 3.8) is 0 Å². The van der Waals surface area contributed by atoms with Gasteiger partial charge in [-0.25, -0.2) is 4.98 Å². The Balaban J connectivity index is 1.95. The second-order valence-corrected chi connectivity index (χ2v) is 5.92. The molecule has 3 nitrogen and oxygen atoms in total. The van der Waals surface area contributed by atoms with Crippen molar-refractivity contribution in [2.75, 3.05) is 0 Å². The van der Waals surface area contributed by atoms with E-state index in [9.17, 15) is 4.79 Å². The average Bonchev–Trinajstić information content (AvgIpc) is 2.62. The molecule has 0 saturated carbocycles. The van der Waals surface area contributed by atoms with E-state index < -0.39 is 0 Å². The standard InChI is InChI=1S/C20H13ClN2O/c21-14-11-9-13(10-12-14)15-5-1-2-6-16(15)19-22-18-8-4-3-7-17(18)20(24)23-19/h1-12H,(H,22,23,24). The minimum Gasteiger partial charge on any atom is -0.306 e. The molecule has 0 aliphatic heterocycles. The normalized spacial score (nSPS) is 10.9. The van der Waals surface area contributed by atoms with Crippen LogP contribution in [0.15, 0.2) is 77.6 Å². The number of hydrogen-bond acceptors (Lipinski definition) is 2. The molecule has 0 spiro atoms. The van der Waals surface area contributed by atoms with E-state index in [1.165, 1.54) is 0 Å². The molecule has 1 aromatic heterocycles. The molecule has 3 aromatic carbocycles. The third-order valence-electron chi connectivity index (χ3n) is 3.95. The summed E-state index contributed by atoms with van der Waals surface area (Å²) in [6, 6.07) is 22.8. The first-order valence-electron chi connectivity index (χ1n) is 7.57. The zero-order valence-electron chi connectivity index (χ0n) is 12.7. The smallest absolute Gasteiger partial charge is 0.259 e. The Bertz CT molecular complexity index is 1080. The predicted octanol–water partition coefficient (Wildman–Crippen LogP) is 4.91. The molecule has 0 amide bonds. The number of benzene rings is 3. The van der Waals surface area contributed by atoms with Gasteiger partial charge in [0.1, 0.15) is 5.82 Å². The van der Waals surface area contributed by atoms with E-state index in [4.69, 9.17) is 11.6 Å². The van der Waals surface area contributed by atoms with Gasteiger partial charge in [-0.15, -0.1) is 0 Å². The topological polar surface area (TPSA) is 45.8 Å². The van der Waals surface area contributed by atoms with Crippen LogP contribution in [0.1, 0.15) is 0 Å². The molecule has 0 radical (unpaired) electrons. The number of H-pyrrole nitrogens is 1. The molecule has 4 heteroatoms. The lowest BCUT2D eigenvalue weighted by Crippen LogP contribution is -2.09. The quantitative estimate of drug-likeness (QED) is 0.567. The molecule has 4 rings (SSSR count). The van der Waals surface area contributed by atoms with Gasteiger partial charge in [0.25, 0.3) is 5.56 Å². The Labute approximate surface area is 143 Å². The van der Waals surface area contributed by atoms with Crippen LogP contribution in [-0.4, -0.2) is 9.97 Å². The van der Waals surface area contributed by atoms with Crippen molar-refractivity contribution in [3.05, 3.63) is 88.2 Å². The molecule has 1 heterocycles. The van der Waals surface area contributed by atoms with Crippen LogP contribution < -0.4 is 5.56 Å². The third kappa shape index (κ3) is 2.59. The van der Waals surface area contributed by atoms with Gasteiger partial charge in [0.05, 0.1) is 10.9 Å². The molecular formula is C20H13ClN2O. The van der Waals surface area contributed by atoms with Crippen LogP contribution in [0.2, 0.25) is 5.02 Å². The summed E-state index contributed by atoms with van der Waals surface area (Å²) < 4.78 is 0. The van der Waals surface area contributed by atoms with E-state index in [1.54, 1.807) is 6.07 Å². The first kappa shape index (κ1) is 14.7. The van der Waals surface area contributed by atoms with Crippen molar-refractivity contribution in [2.24, 2.45) is 0 Å². The molecule has 0 aliphatic rings. The summed E-state index contributed by atoms with van der Waals surface area (Å²) in [5, 5.41) is 1.28. The van der Waals surface area contributed by atoms with Crippen LogP contribution in [0.25, 0.3) is 33.4 Å². The van der Waals surface area contributed by atoms with Crippen LogP contribution >= 0.6 is 11.6 Å². The van der Waals surface area contributed by atoms with Gasteiger partial charge in [0.2, 0.25) is 0 Å². The van der Waals surface area contributed by atoms with Crippen LogP contribution in [0.3, 0.4) is 0 Å². The molecule has 0 aliphatic carbocycles. The van der Waals surface area contributed by atoms with Gasteiger partial charge < -0.3 is 4.98 Å². The highest BCUT2D eigenvalue weighted by Crippen LogP contribution is 2.30. The summed E-state index contributed by atoms with van der Waals surface area (Å²) in [5.41, 5.74) is 3.43. The number of rotatable bonds is 2. The first-order valence-corrected chi connectivity index (χ1v) is 7.94. The second-order valence-electron chi connectivity index (χ2n) is 5.48. The number of hydrogen-bond donors (Lipinski definition) is 1. The van der Waals surface area contributed by atoms with Crippen molar-refractivity contribution >= 4 is 22.5 Å². The minimum absolute atomic E-state index is 0.137. The summed E-state index contributed by atoms with van der Waals surface area (Å²) in [5.74, 6) is 0.559. The van der Waals surface area contributed by atoms with E-state index in [2.05, 4.69) is 9.97 Å². The van der Waals surface area contributed by atoms with Gasteiger partial charge >= 0.3 is 0 Å². The average molecular weight is 333 g/mol. The minimum atomic E-state index is -0.137. The number of halogens is 1. The van der Waals surface area contributed by atoms with E-state index in [-0.39, 0.29) is 5.56 Å². The molecule has 0 fully saturated rings. The Morgan fingerprint density at radius 2 is 1.46 bits per heavy atom. The number of nitrogens with one attached hydrogen (secondary N) is 1. The van der Waals surface area contributed by atoms with Gasteiger partial charge in [-0.3, -0.25) is 4.79 Å². The lowest BCUT2D eigenvalue weighted by molar-refractivity contribution is 1.18. The number of nitrogens with zero attached hydrogens (tertiary/aromatic N) is 1. The highest BCUT2D eigenvalue weighted by atomic mass is 35.5. The van der Waals surface area contributed by atoms with Gasteiger partial charge in [-0.05, 0) is 35.4 Å². The zero-order chi connectivity index (χ0) is 16.5. The zero-order valence-corrected chi connectivity index (χ0v) is 13.4. The van der Waals surface area contributed by atoms with Crippen LogP contribution in [0.4, 0.5) is 0 Å². The molecule has 4 aromatic rings. The fourth-order valence-electron chi connectivity index (χ4n) is 2.78. The second kappa shape index (κ2) is 5.95. The van der Waals surface area contributed by atoms with Crippen molar-refractivity contribution in [1.82, 2.24) is 9.97 Å². The SMILES string of the molecule is O=c1[nH]c(-c2ccccc2-c2ccc(Cl)cc2)nc2ccccc12. The summed E-state index contributed by atoms with van der Waals surface area (Å²) in [6.07, 6.45) is 0. The maximum absolute atomic E-state index is 12.4. The van der Waals surface area contributed by atoms with Gasteiger partial charge in [-0.2, -0.15) is 0 Å². The molecule has 0 bridgehead atoms. The summed E-state index contributed by atoms with van der Waals surface area (Å²) in [4.78, 5) is 19.9. The van der Waals surface area contributed by atoms with Crippen LogP contribution in [0, 0.1) is 0 Å². The van der Waals surface area contributed by atoms with Crippen molar-refractivity contribution in [2.45, 2.75) is 0 Å². The van der Waals surface area contributed by atoms with Crippen molar-refractivity contribution < 1.29 is 0 Å². The van der Waals surface area contributed by atoms with E-state index >= 15 is 0 Å². The Hall–Kier alpha value is -2.91. The number of aromatic nitrogens is 2. The maximum Gasteiger partial charge on any atom is 0.259 e. The Morgan fingerprint density at radius 1 is 0.792 bits per heavy atom. The maximum atomic E-state index is 12.4. The van der Waals surface area contributed by atoms with Crippen molar-refractivity contribution in [3.8, 4) is 22.5 Å². The van der Waals surface area contributed by atoms with Crippen molar-refractivity contribution in [1.29, 1.82) is 0 Å². The third-order valence-corrected chi connectivity index (χ3v) is 4.20. The Morgan fingerprint density at radius 3 is 2.25 bits per heavy atom. The molecule has 0 saturated heterocycles. The highest BCUT2D eigenvalue weighted by Gasteiger charge is 2.11. The Kier molecular flexibility index (Phi) is 3.63. The highest BCUT2D eigenvalue weighted by molar-refractivity contribution is 6.30. The van der Waals surface area contributed by atoms with Crippen LogP contribution in [0.5, 0.6) is 0 Å². The first-order chi connectivity index (χ1) is 11.7. The lowest BCUT2D eigenvalue weighted by Gasteiger charge is -2.10. The van der Waals surface area contributed by atoms with Gasteiger partial charge in [0, 0.05) is 10.6 Å². The summed E-state index contributed by atoms with van der Waals surface area (Å²) in [6.45, 7) is 0. The van der Waals surface area contributed by atoms with E-state index in [0.29, 0.717) is 21.7 Å². The number of aromatic amines is 1. The fourth-order valence-corrected chi connectivity index (χ4v) is 2.91. The molecule has 0 unspecified atom stereocenters. The monoisotopic (exact) mass is 332 g/mol. The predicted molar refractivity (Wildman–Crippen MR) is 98.2 cm³/mol. The molecule has 0 atom stereocenters. The molecule has 24 heavy (non-hydrogen) atoms. The van der Waals surface area contributed by atoms with Gasteiger partial charge in [-0.1, -0.05) is 60.1 Å². The molecule has 116 valence electrons. The molecule has 1 N–H and O–H groups in total. The fraction of sp³-hybridized carbons (Fsp3) is 0. The number of para-hydroxylation sites is 1. The summed E-state index contributed by atoms with van der Waals surface area (Å²) >= 11 is 5.98. The number of fused-ring (bicyclic) bond motifs is 1. The van der Waals surface area contributed by atoms with Gasteiger partial charge in [0.15, 0.2) is 0 Å². The van der Waals surface area contributed by atoms with E-state index in [1.807, 2.05) is 66.7 Å².